The molecule has 1 aromatic carbocycles. The third-order valence-electron chi connectivity index (χ3n) is 3.04. The summed E-state index contributed by atoms with van der Waals surface area (Å²) < 4.78 is 41.3. The van der Waals surface area contributed by atoms with Gasteiger partial charge in [0.15, 0.2) is 0 Å². The molecule has 18 heavy (non-hydrogen) atoms. The second-order valence-corrected chi connectivity index (χ2v) is 5.28. The minimum Gasteiger partial charge on any atom is -0.192 e. The molecule has 0 aliphatic heterocycles. The zero-order valence-electron chi connectivity index (χ0n) is 9.37. The van der Waals surface area contributed by atoms with Gasteiger partial charge in [-0.1, -0.05) is 24.3 Å². The Labute approximate surface area is 106 Å². The molecule has 0 unspecified atom stereocenters. The molecule has 1 aromatic heterocycles. The van der Waals surface area contributed by atoms with Crippen LogP contribution in [-0.4, -0.2) is 4.37 Å². The summed E-state index contributed by atoms with van der Waals surface area (Å²) in [5, 5.41) is 0. The largest absolute Gasteiger partial charge is 0.427 e. The van der Waals surface area contributed by atoms with Gasteiger partial charge in [0.1, 0.15) is 4.88 Å². The van der Waals surface area contributed by atoms with Crippen LogP contribution in [0.25, 0.3) is 11.3 Å². The number of hydrogen-bond donors (Lipinski definition) is 0. The van der Waals surface area contributed by atoms with Gasteiger partial charge in [-0.2, -0.15) is 17.5 Å². The Balaban J connectivity index is 1.87. The van der Waals surface area contributed by atoms with Crippen molar-refractivity contribution < 1.29 is 13.2 Å². The van der Waals surface area contributed by atoms with Gasteiger partial charge < -0.3 is 0 Å². The summed E-state index contributed by atoms with van der Waals surface area (Å²) >= 11 is 0.499. The van der Waals surface area contributed by atoms with Crippen LogP contribution in [0, 0.1) is 0 Å². The van der Waals surface area contributed by atoms with Crippen LogP contribution in [0.3, 0.4) is 0 Å². The molecule has 3 rings (SSSR count). The van der Waals surface area contributed by atoms with E-state index in [1.165, 1.54) is 18.4 Å². The number of alkyl halides is 3. The zero-order chi connectivity index (χ0) is 12.8. The second-order valence-electron chi connectivity index (χ2n) is 4.47. The molecule has 1 nitrogen and oxygen atoms in total. The van der Waals surface area contributed by atoms with Crippen LogP contribution >= 0.6 is 11.5 Å². The predicted molar refractivity (Wildman–Crippen MR) is 64.5 cm³/mol. The Morgan fingerprint density at radius 2 is 1.78 bits per heavy atom. The van der Waals surface area contributed by atoms with E-state index >= 15 is 0 Å². The van der Waals surface area contributed by atoms with Crippen molar-refractivity contribution in [2.75, 3.05) is 0 Å². The van der Waals surface area contributed by atoms with E-state index in [1.54, 1.807) is 0 Å². The first kappa shape index (κ1) is 11.7. The van der Waals surface area contributed by atoms with Crippen molar-refractivity contribution in [1.29, 1.82) is 0 Å². The summed E-state index contributed by atoms with van der Waals surface area (Å²) in [6.07, 6.45) is -1.87. The van der Waals surface area contributed by atoms with E-state index in [-0.39, 0.29) is 0 Å². The van der Waals surface area contributed by atoms with Gasteiger partial charge in [-0.15, -0.1) is 0 Å². The highest BCUT2D eigenvalue weighted by molar-refractivity contribution is 7.06. The van der Waals surface area contributed by atoms with E-state index in [0.717, 1.165) is 11.6 Å². The van der Waals surface area contributed by atoms with E-state index in [4.69, 9.17) is 0 Å². The number of hydrogen-bond acceptors (Lipinski definition) is 2. The molecule has 0 N–H and O–H groups in total. The van der Waals surface area contributed by atoms with Crippen LogP contribution in [-0.2, 0) is 6.18 Å². The molecule has 1 aliphatic carbocycles. The Morgan fingerprint density at radius 1 is 1.11 bits per heavy atom. The number of rotatable bonds is 2. The third-order valence-corrected chi connectivity index (χ3v) is 3.88. The number of benzene rings is 1. The predicted octanol–water partition coefficient (Wildman–Crippen LogP) is 4.71. The third kappa shape index (κ3) is 2.27. The molecule has 0 bridgehead atoms. The molecule has 94 valence electrons. The maximum Gasteiger partial charge on any atom is 0.427 e. The average molecular weight is 269 g/mol. The minimum absolute atomic E-state index is 0.398. The summed E-state index contributed by atoms with van der Waals surface area (Å²) in [5.74, 6) is 0.653. The quantitative estimate of drug-likeness (QED) is 0.769. The maximum atomic E-state index is 12.5. The van der Waals surface area contributed by atoms with Gasteiger partial charge in [0.05, 0.1) is 5.69 Å². The summed E-state index contributed by atoms with van der Waals surface area (Å²) in [7, 11) is 0. The van der Waals surface area contributed by atoms with E-state index in [1.807, 2.05) is 24.3 Å². The normalized spacial score (nSPS) is 15.9. The molecule has 0 atom stereocenters. The lowest BCUT2D eigenvalue weighted by Gasteiger charge is -2.01. The second kappa shape index (κ2) is 4.09. The van der Waals surface area contributed by atoms with Gasteiger partial charge in [-0.3, -0.25) is 0 Å². The van der Waals surface area contributed by atoms with Crippen LogP contribution in [0.15, 0.2) is 30.3 Å². The van der Waals surface area contributed by atoms with E-state index in [2.05, 4.69) is 4.37 Å². The van der Waals surface area contributed by atoms with Gasteiger partial charge in [0.25, 0.3) is 0 Å². The van der Waals surface area contributed by atoms with Crippen molar-refractivity contribution in [2.24, 2.45) is 0 Å². The molecule has 0 saturated heterocycles. The van der Waals surface area contributed by atoms with Crippen LogP contribution in [0.5, 0.6) is 0 Å². The highest BCUT2D eigenvalue weighted by Crippen LogP contribution is 2.41. The SMILES string of the molecule is FC(F)(F)c1cc(-c2ccc(C3CC3)cc2)ns1. The Kier molecular flexibility index (Phi) is 2.66. The molecule has 1 aliphatic rings. The Hall–Kier alpha value is -1.36. The van der Waals surface area contributed by atoms with E-state index in [0.29, 0.717) is 23.1 Å². The van der Waals surface area contributed by atoms with Crippen molar-refractivity contribution in [3.8, 4) is 11.3 Å². The van der Waals surface area contributed by atoms with Crippen LogP contribution in [0.4, 0.5) is 13.2 Å². The first-order chi connectivity index (χ1) is 8.54. The fourth-order valence-corrected chi connectivity index (χ4v) is 2.51. The molecule has 1 fully saturated rings. The highest BCUT2D eigenvalue weighted by Gasteiger charge is 2.33. The lowest BCUT2D eigenvalue weighted by atomic mass is 10.1. The van der Waals surface area contributed by atoms with Crippen molar-refractivity contribution in [1.82, 2.24) is 4.37 Å². The molecule has 1 saturated carbocycles. The Morgan fingerprint density at radius 3 is 2.28 bits per heavy atom. The molecule has 0 amide bonds. The fourth-order valence-electron chi connectivity index (χ4n) is 1.89. The van der Waals surface area contributed by atoms with Crippen LogP contribution in [0.1, 0.15) is 29.2 Å². The summed E-state index contributed by atoms with van der Waals surface area (Å²) in [6, 6.07) is 8.78. The lowest BCUT2D eigenvalue weighted by Crippen LogP contribution is -2.00. The highest BCUT2D eigenvalue weighted by atomic mass is 32.1. The molecule has 2 aromatic rings. The van der Waals surface area contributed by atoms with E-state index < -0.39 is 11.1 Å². The monoisotopic (exact) mass is 269 g/mol. The zero-order valence-corrected chi connectivity index (χ0v) is 10.2. The Bertz CT molecular complexity index is 552. The molecular weight excluding hydrogens is 259 g/mol. The number of halogens is 3. The van der Waals surface area contributed by atoms with Crippen molar-refractivity contribution >= 4 is 11.5 Å². The van der Waals surface area contributed by atoms with Crippen molar-refractivity contribution in [2.45, 2.75) is 24.9 Å². The topological polar surface area (TPSA) is 12.9 Å². The van der Waals surface area contributed by atoms with Crippen LogP contribution < -0.4 is 0 Å². The van der Waals surface area contributed by atoms with Gasteiger partial charge in [-0.05, 0) is 41.9 Å². The minimum atomic E-state index is -4.30. The number of aromatic nitrogens is 1. The van der Waals surface area contributed by atoms with E-state index in [9.17, 15) is 13.2 Å². The standard InChI is InChI=1S/C13H10F3NS/c14-13(15,16)12-7-11(17-18-12)10-5-3-9(4-6-10)8-1-2-8/h3-8H,1-2H2. The summed E-state index contributed by atoms with van der Waals surface area (Å²) in [5.41, 5.74) is 2.41. The average Bonchev–Trinajstić information content (AvgIpc) is 3.05. The first-order valence-corrected chi connectivity index (χ1v) is 6.45. The fraction of sp³-hybridized carbons (Fsp3) is 0.308. The summed E-state index contributed by atoms with van der Waals surface area (Å²) in [6.45, 7) is 0. The van der Waals surface area contributed by atoms with Gasteiger partial charge >= 0.3 is 6.18 Å². The molecule has 0 spiro atoms. The lowest BCUT2D eigenvalue weighted by molar-refractivity contribution is -0.134. The van der Waals surface area contributed by atoms with Crippen molar-refractivity contribution in [3.63, 3.8) is 0 Å². The first-order valence-electron chi connectivity index (χ1n) is 5.68. The smallest absolute Gasteiger partial charge is 0.192 e. The van der Waals surface area contributed by atoms with Gasteiger partial charge in [0, 0.05) is 5.56 Å². The number of nitrogens with zero attached hydrogens (tertiary/aromatic N) is 1. The molecular formula is C13H10F3NS. The maximum absolute atomic E-state index is 12.5. The molecule has 5 heteroatoms. The van der Waals surface area contributed by atoms with Gasteiger partial charge in [0.2, 0.25) is 0 Å². The van der Waals surface area contributed by atoms with Crippen LogP contribution in [0.2, 0.25) is 0 Å². The molecule has 0 radical (unpaired) electrons. The van der Waals surface area contributed by atoms with Gasteiger partial charge in [-0.25, -0.2) is 0 Å². The summed E-state index contributed by atoms with van der Waals surface area (Å²) in [4.78, 5) is -0.649. The van der Waals surface area contributed by atoms with Crippen molar-refractivity contribution in [3.05, 3.63) is 40.8 Å². The molecule has 1 heterocycles.